The van der Waals surface area contributed by atoms with Gasteiger partial charge in [-0.3, -0.25) is 4.79 Å². The normalized spacial score (nSPS) is 15.0. The summed E-state index contributed by atoms with van der Waals surface area (Å²) >= 11 is 1.50. The molecule has 2 atom stereocenters. The highest BCUT2D eigenvalue weighted by Gasteiger charge is 2.24. The van der Waals surface area contributed by atoms with Crippen LogP contribution in [0.3, 0.4) is 0 Å². The van der Waals surface area contributed by atoms with Crippen molar-refractivity contribution in [1.82, 2.24) is 30.4 Å². The number of tetrazole rings is 1. The minimum absolute atomic E-state index is 0.0400. The molecule has 2 N–H and O–H groups in total. The van der Waals surface area contributed by atoms with Gasteiger partial charge in [0.15, 0.2) is 5.82 Å². The fourth-order valence-electron chi connectivity index (χ4n) is 4.12. The molecular weight excluding hydrogens is 456 g/mol. The molecule has 0 saturated carbocycles. The van der Waals surface area contributed by atoms with E-state index in [4.69, 9.17) is 0 Å². The predicted molar refractivity (Wildman–Crippen MR) is 122 cm³/mol. The Bertz CT molecular complexity index is 1100. The van der Waals surface area contributed by atoms with Crippen LogP contribution in [0.5, 0.6) is 0 Å². The lowest BCUT2D eigenvalue weighted by Crippen LogP contribution is -2.36. The molecule has 2 aromatic heterocycles. The lowest BCUT2D eigenvalue weighted by atomic mass is 9.99. The molecule has 3 heterocycles. The van der Waals surface area contributed by atoms with Crippen molar-refractivity contribution in [1.29, 1.82) is 0 Å². The number of nitrogens with zero attached hydrogens (tertiary/aromatic N) is 5. The van der Waals surface area contributed by atoms with Crippen molar-refractivity contribution < 1.29 is 19.8 Å². The van der Waals surface area contributed by atoms with Crippen LogP contribution in [-0.4, -0.2) is 61.3 Å². The van der Waals surface area contributed by atoms with E-state index in [1.807, 2.05) is 34.5 Å². The molecule has 3 aromatic rings. The fraction of sp³-hybridized carbons (Fsp3) is 0.435. The van der Waals surface area contributed by atoms with Crippen molar-refractivity contribution in [3.8, 4) is 0 Å². The second-order valence-electron chi connectivity index (χ2n) is 8.28. The van der Waals surface area contributed by atoms with Gasteiger partial charge >= 0.3 is 0 Å². The summed E-state index contributed by atoms with van der Waals surface area (Å²) < 4.78 is 1.65. The molecule has 4 rings (SSSR count). The number of hydrogen-bond acceptors (Lipinski definition) is 9. The monoisotopic (exact) mass is 483 g/mol. The number of carboxylic acids is 1. The lowest BCUT2D eigenvalue weighted by Gasteiger charge is -2.29. The van der Waals surface area contributed by atoms with Crippen LogP contribution in [0.4, 0.5) is 0 Å². The molecule has 0 aliphatic carbocycles. The summed E-state index contributed by atoms with van der Waals surface area (Å²) in [5.74, 6) is -0.654. The highest BCUT2D eigenvalue weighted by Crippen LogP contribution is 2.25. The van der Waals surface area contributed by atoms with E-state index in [1.165, 1.54) is 22.5 Å². The molecule has 180 valence electrons. The maximum absolute atomic E-state index is 12.8. The molecule has 1 aromatic carbocycles. The number of amides is 1. The number of aryl methyl sites for hydroxylation is 1. The smallest absolute Gasteiger partial charge is 0.222 e. The van der Waals surface area contributed by atoms with Crippen LogP contribution in [0.2, 0.25) is 0 Å². The van der Waals surface area contributed by atoms with Crippen molar-refractivity contribution in [3.05, 3.63) is 63.6 Å². The van der Waals surface area contributed by atoms with E-state index < -0.39 is 24.5 Å². The second-order valence-corrected chi connectivity index (χ2v) is 9.26. The number of rotatable bonds is 11. The zero-order valence-electron chi connectivity index (χ0n) is 18.7. The van der Waals surface area contributed by atoms with Crippen LogP contribution in [0.25, 0.3) is 0 Å². The van der Waals surface area contributed by atoms with Crippen molar-refractivity contribution in [2.24, 2.45) is 0 Å². The molecule has 0 fully saturated rings. The predicted octanol–water partition coefficient (Wildman–Crippen LogP) is 0.280. The molecule has 0 spiro atoms. The number of aromatic nitrogens is 4. The van der Waals surface area contributed by atoms with E-state index in [1.54, 1.807) is 4.68 Å². The van der Waals surface area contributed by atoms with Gasteiger partial charge in [-0.05, 0) is 45.8 Å². The van der Waals surface area contributed by atoms with Crippen molar-refractivity contribution in [2.45, 2.75) is 50.9 Å². The molecule has 10 nitrogen and oxygen atoms in total. The van der Waals surface area contributed by atoms with Crippen molar-refractivity contribution >= 4 is 23.2 Å². The molecule has 1 aliphatic rings. The molecule has 0 bridgehead atoms. The summed E-state index contributed by atoms with van der Waals surface area (Å²) in [6.45, 7) is 1.87. The lowest BCUT2D eigenvalue weighted by molar-refractivity contribution is -0.307. The van der Waals surface area contributed by atoms with Crippen molar-refractivity contribution in [3.63, 3.8) is 0 Å². The van der Waals surface area contributed by atoms with E-state index >= 15 is 0 Å². The molecule has 1 aliphatic heterocycles. The number of aliphatic hydroxyl groups is 1. The van der Waals surface area contributed by atoms with Crippen LogP contribution in [0.15, 0.2) is 41.8 Å². The number of carboxylic acid groups (broad SMARTS) is 1. The number of nitrogens with one attached hydrogen (secondary N) is 1. The van der Waals surface area contributed by atoms with Gasteiger partial charge in [-0.2, -0.15) is 0 Å². The Morgan fingerprint density at radius 1 is 1.21 bits per heavy atom. The van der Waals surface area contributed by atoms with Gasteiger partial charge in [0.2, 0.25) is 5.91 Å². The minimum Gasteiger partial charge on any atom is -0.550 e. The first-order valence-electron chi connectivity index (χ1n) is 11.3. The van der Waals surface area contributed by atoms with Gasteiger partial charge in [0.25, 0.3) is 0 Å². The van der Waals surface area contributed by atoms with E-state index in [0.29, 0.717) is 31.8 Å². The summed E-state index contributed by atoms with van der Waals surface area (Å²) in [7, 11) is 0. The number of aliphatic hydroxyl groups excluding tert-OH is 1. The number of carbonyl (C=O) groups excluding carboxylic acids is 2. The van der Waals surface area contributed by atoms with Crippen molar-refractivity contribution in [2.75, 3.05) is 13.1 Å². The first-order chi connectivity index (χ1) is 16.5. The van der Waals surface area contributed by atoms with E-state index in [0.717, 1.165) is 17.8 Å². The summed E-state index contributed by atoms with van der Waals surface area (Å²) in [5.41, 5.74) is 2.51. The summed E-state index contributed by atoms with van der Waals surface area (Å²) in [6.07, 6.45) is 0.293. The molecule has 34 heavy (non-hydrogen) atoms. The van der Waals surface area contributed by atoms with Crippen LogP contribution in [0.1, 0.15) is 47.1 Å². The first kappa shape index (κ1) is 24.0. The van der Waals surface area contributed by atoms with Crippen LogP contribution in [-0.2, 0) is 29.1 Å². The maximum atomic E-state index is 12.8. The largest absolute Gasteiger partial charge is 0.550 e. The van der Waals surface area contributed by atoms with Gasteiger partial charge in [-0.25, -0.2) is 4.68 Å². The van der Waals surface area contributed by atoms with Gasteiger partial charge in [0, 0.05) is 49.9 Å². The summed E-state index contributed by atoms with van der Waals surface area (Å²) in [6, 6.07) is 11.6. The maximum Gasteiger partial charge on any atom is 0.222 e. The third kappa shape index (κ3) is 6.04. The number of thiophene rings is 1. The molecule has 1 unspecified atom stereocenters. The average molecular weight is 484 g/mol. The van der Waals surface area contributed by atoms with Crippen LogP contribution in [0, 0.1) is 0 Å². The Morgan fingerprint density at radius 3 is 2.79 bits per heavy atom. The van der Waals surface area contributed by atoms with Crippen LogP contribution >= 0.6 is 11.3 Å². The molecule has 11 heteroatoms. The first-order valence-corrected chi connectivity index (χ1v) is 12.1. The average Bonchev–Trinajstić information content (AvgIpc) is 3.51. The van der Waals surface area contributed by atoms with Gasteiger partial charge in [0.1, 0.15) is 6.04 Å². The Hall–Kier alpha value is -3.15. The number of aliphatic carboxylic acids is 1. The quantitative estimate of drug-likeness (QED) is 0.397. The number of hydrogen-bond donors (Lipinski definition) is 2. The molecular formula is C23H27N6O4S-. The van der Waals surface area contributed by atoms with E-state index in [-0.39, 0.29) is 12.5 Å². The Balaban J connectivity index is 1.35. The van der Waals surface area contributed by atoms with E-state index in [9.17, 15) is 19.8 Å². The number of fused-ring (bicyclic) bond motifs is 1. The third-order valence-electron chi connectivity index (χ3n) is 5.85. The van der Waals surface area contributed by atoms with Gasteiger partial charge in [-0.15, -0.1) is 16.4 Å². The summed E-state index contributed by atoms with van der Waals surface area (Å²) in [5, 5.41) is 37.8. The summed E-state index contributed by atoms with van der Waals surface area (Å²) in [4.78, 5) is 26.4. The Labute approximate surface area is 201 Å². The SMILES string of the molecule is O=C([O-])CC(O)CN[C@@H](c1cccs1)c1nnnn1CCCC(=O)N1CCc2ccccc2C1. The highest BCUT2D eigenvalue weighted by molar-refractivity contribution is 7.10. The Morgan fingerprint density at radius 2 is 2.03 bits per heavy atom. The van der Waals surface area contributed by atoms with Gasteiger partial charge < -0.3 is 25.2 Å². The second kappa shape index (κ2) is 11.3. The molecule has 1 amide bonds. The standard InChI is InChI=1S/C23H28N6O4S/c30-18(13-21(32)33)14-24-22(19-7-4-12-34-19)23-25-26-27-29(23)10-3-8-20(31)28-11-9-16-5-1-2-6-17(16)15-28/h1-2,4-7,12,18,22,24,30H,3,8-11,13-15H2,(H,32,33)/p-1/t18?,22-/m0/s1. The van der Waals surface area contributed by atoms with Gasteiger partial charge in [0.05, 0.1) is 6.10 Å². The minimum atomic E-state index is -1.31. The number of carbonyl (C=O) groups is 2. The highest BCUT2D eigenvalue weighted by atomic mass is 32.1. The number of benzene rings is 1. The molecule has 0 radical (unpaired) electrons. The molecule has 0 saturated heterocycles. The topological polar surface area (TPSA) is 136 Å². The zero-order valence-corrected chi connectivity index (χ0v) is 19.5. The zero-order chi connectivity index (χ0) is 23.9. The van der Waals surface area contributed by atoms with E-state index in [2.05, 4.69) is 33.0 Å². The van der Waals surface area contributed by atoms with Gasteiger partial charge in [-0.1, -0.05) is 30.3 Å². The van der Waals surface area contributed by atoms with Crippen LogP contribution < -0.4 is 10.4 Å². The third-order valence-corrected chi connectivity index (χ3v) is 6.79. The Kier molecular flexibility index (Phi) is 7.99. The fourth-order valence-corrected chi connectivity index (χ4v) is 4.91.